The van der Waals surface area contributed by atoms with Crippen molar-refractivity contribution in [2.75, 3.05) is 0 Å². The monoisotopic (exact) mass is 503 g/mol. The largest absolute Gasteiger partial charge is 0.486 e. The van der Waals surface area contributed by atoms with E-state index >= 15 is 0 Å². The molecule has 2 atom stereocenters. The maximum atomic E-state index is 13.0. The summed E-state index contributed by atoms with van der Waals surface area (Å²) in [4.78, 5) is 29.8. The highest BCUT2D eigenvalue weighted by Gasteiger charge is 2.32. The van der Waals surface area contributed by atoms with Crippen molar-refractivity contribution in [2.45, 2.75) is 50.6 Å². The summed E-state index contributed by atoms with van der Waals surface area (Å²) >= 11 is 1.31. The minimum absolute atomic E-state index is 0.0713. The van der Waals surface area contributed by atoms with Gasteiger partial charge < -0.3 is 15.4 Å². The predicted octanol–water partition coefficient (Wildman–Crippen LogP) is 5.21. The molecular weight excluding hydrogens is 479 g/mol. The minimum atomic E-state index is -4.53. The van der Waals surface area contributed by atoms with Crippen LogP contribution in [-0.2, 0) is 12.8 Å². The number of alkyl halides is 3. The van der Waals surface area contributed by atoms with Gasteiger partial charge in [-0.25, -0.2) is 4.98 Å². The van der Waals surface area contributed by atoms with Gasteiger partial charge in [-0.1, -0.05) is 37.1 Å². The Balaban J connectivity index is 1.36. The second kappa shape index (κ2) is 10.9. The zero-order valence-corrected chi connectivity index (χ0v) is 19.5. The maximum Gasteiger partial charge on any atom is 0.416 e. The molecule has 1 aliphatic carbocycles. The summed E-state index contributed by atoms with van der Waals surface area (Å²) in [5.74, 6) is -0.260. The van der Waals surface area contributed by atoms with Crippen LogP contribution in [0.15, 0.2) is 60.0 Å². The van der Waals surface area contributed by atoms with Crippen LogP contribution in [0.4, 0.5) is 13.2 Å². The van der Waals surface area contributed by atoms with Gasteiger partial charge in [-0.15, -0.1) is 11.3 Å². The van der Waals surface area contributed by atoms with Gasteiger partial charge in [-0.3, -0.25) is 9.59 Å². The number of carbonyl (C=O) groups excluding carboxylic acids is 2. The molecule has 35 heavy (non-hydrogen) atoms. The molecule has 0 aliphatic heterocycles. The number of thiazole rings is 1. The van der Waals surface area contributed by atoms with Crippen LogP contribution >= 0.6 is 11.3 Å². The lowest BCUT2D eigenvalue weighted by Gasteiger charge is -2.32. The van der Waals surface area contributed by atoms with Crippen molar-refractivity contribution in [3.63, 3.8) is 0 Å². The first-order chi connectivity index (χ1) is 16.8. The smallest absolute Gasteiger partial charge is 0.416 e. The molecule has 0 radical (unpaired) electrons. The number of benzene rings is 2. The molecule has 0 spiro atoms. The van der Waals surface area contributed by atoms with Crippen LogP contribution < -0.4 is 15.4 Å². The van der Waals surface area contributed by atoms with Crippen LogP contribution in [0.5, 0.6) is 5.75 Å². The van der Waals surface area contributed by atoms with Crippen LogP contribution in [0, 0.1) is 0 Å². The standard InChI is InChI=1S/C25H24F3N3O3S/c26-25(27,28)17-8-6-7-16(13-17)23(32)30-19-11-4-5-12-20(19)31-24(33)21-15-35-22(29-21)14-34-18-9-2-1-3-10-18/h1-3,6-10,13,15,19-20H,4-5,11-12,14H2,(H,30,32)(H,31,33)/t19-,20+/m1/s1. The highest BCUT2D eigenvalue weighted by molar-refractivity contribution is 7.09. The predicted molar refractivity (Wildman–Crippen MR) is 125 cm³/mol. The SMILES string of the molecule is O=C(N[C@@H]1CCCC[C@@H]1NC(=O)c1csc(COc2ccccc2)n1)c1cccc(C(F)(F)F)c1. The van der Waals surface area contributed by atoms with Crippen molar-refractivity contribution >= 4 is 23.2 Å². The molecule has 0 bridgehead atoms. The molecule has 184 valence electrons. The number of ether oxygens (including phenoxy) is 1. The summed E-state index contributed by atoms with van der Waals surface area (Å²) in [5.41, 5.74) is -0.692. The van der Waals surface area contributed by atoms with Crippen molar-refractivity contribution in [2.24, 2.45) is 0 Å². The summed E-state index contributed by atoms with van der Waals surface area (Å²) in [6, 6.07) is 12.8. The first-order valence-corrected chi connectivity index (χ1v) is 12.1. The number of hydrogen-bond acceptors (Lipinski definition) is 5. The molecule has 2 amide bonds. The lowest BCUT2D eigenvalue weighted by atomic mass is 9.90. The molecule has 2 N–H and O–H groups in total. The van der Waals surface area contributed by atoms with E-state index in [1.807, 2.05) is 30.3 Å². The molecule has 1 aromatic heterocycles. The van der Waals surface area contributed by atoms with Gasteiger partial charge in [0.25, 0.3) is 11.8 Å². The van der Waals surface area contributed by atoms with Crippen molar-refractivity contribution in [1.82, 2.24) is 15.6 Å². The van der Waals surface area contributed by atoms with E-state index in [1.165, 1.54) is 23.5 Å². The molecule has 10 heteroatoms. The van der Waals surface area contributed by atoms with Gasteiger partial charge in [0.2, 0.25) is 0 Å². The Morgan fingerprint density at radius 2 is 1.66 bits per heavy atom. The third-order valence-electron chi connectivity index (χ3n) is 5.74. The van der Waals surface area contributed by atoms with E-state index in [-0.39, 0.29) is 29.8 Å². The third kappa shape index (κ3) is 6.60. The number of nitrogens with one attached hydrogen (secondary N) is 2. The molecular formula is C25H24F3N3O3S. The van der Waals surface area contributed by atoms with E-state index in [4.69, 9.17) is 4.74 Å². The summed E-state index contributed by atoms with van der Waals surface area (Å²) < 4.78 is 44.7. The van der Waals surface area contributed by atoms with E-state index in [0.29, 0.717) is 23.6 Å². The number of hydrogen-bond donors (Lipinski definition) is 2. The van der Waals surface area contributed by atoms with Crippen molar-refractivity contribution in [3.05, 3.63) is 81.8 Å². The maximum absolute atomic E-state index is 13.0. The van der Waals surface area contributed by atoms with Crippen LogP contribution in [0.2, 0.25) is 0 Å². The number of halogens is 3. The Kier molecular flexibility index (Phi) is 7.70. The molecule has 4 rings (SSSR count). The van der Waals surface area contributed by atoms with Gasteiger partial charge in [-0.05, 0) is 43.2 Å². The van der Waals surface area contributed by atoms with Gasteiger partial charge in [0.1, 0.15) is 23.1 Å². The van der Waals surface area contributed by atoms with Gasteiger partial charge in [0.15, 0.2) is 0 Å². The quantitative estimate of drug-likeness (QED) is 0.464. The van der Waals surface area contributed by atoms with Gasteiger partial charge >= 0.3 is 6.18 Å². The number of aromatic nitrogens is 1. The van der Waals surface area contributed by atoms with Crippen LogP contribution in [0.25, 0.3) is 0 Å². The first kappa shape index (κ1) is 24.7. The van der Waals surface area contributed by atoms with Gasteiger partial charge in [-0.2, -0.15) is 13.2 Å². The average Bonchev–Trinajstić information content (AvgIpc) is 3.33. The van der Waals surface area contributed by atoms with Crippen molar-refractivity contribution < 1.29 is 27.5 Å². The number of rotatable bonds is 7. The van der Waals surface area contributed by atoms with Crippen LogP contribution in [0.1, 0.15) is 57.1 Å². The molecule has 1 heterocycles. The lowest BCUT2D eigenvalue weighted by molar-refractivity contribution is -0.137. The Labute approximate surface area is 204 Å². The molecule has 1 aliphatic rings. The van der Waals surface area contributed by atoms with E-state index in [2.05, 4.69) is 15.6 Å². The Hall–Kier alpha value is -3.40. The third-order valence-corrected chi connectivity index (χ3v) is 6.56. The van der Waals surface area contributed by atoms with E-state index in [9.17, 15) is 22.8 Å². The van der Waals surface area contributed by atoms with Crippen LogP contribution in [-0.4, -0.2) is 28.9 Å². The second-order valence-electron chi connectivity index (χ2n) is 8.25. The number of para-hydroxylation sites is 1. The molecule has 1 fully saturated rings. The van der Waals surface area contributed by atoms with Gasteiger partial charge in [0.05, 0.1) is 5.56 Å². The van der Waals surface area contributed by atoms with Gasteiger partial charge in [0, 0.05) is 23.0 Å². The van der Waals surface area contributed by atoms with Crippen molar-refractivity contribution in [3.8, 4) is 5.75 Å². The van der Waals surface area contributed by atoms with Crippen LogP contribution in [0.3, 0.4) is 0 Å². The lowest BCUT2D eigenvalue weighted by Crippen LogP contribution is -2.53. The second-order valence-corrected chi connectivity index (χ2v) is 9.19. The van der Waals surface area contributed by atoms with E-state index in [1.54, 1.807) is 5.38 Å². The fraction of sp³-hybridized carbons (Fsp3) is 0.320. The summed E-state index contributed by atoms with van der Waals surface area (Å²) in [5, 5.41) is 8.04. The highest BCUT2D eigenvalue weighted by atomic mass is 32.1. The molecule has 2 aromatic carbocycles. The fourth-order valence-corrected chi connectivity index (χ4v) is 4.64. The molecule has 0 saturated heterocycles. The molecule has 1 saturated carbocycles. The first-order valence-electron chi connectivity index (χ1n) is 11.2. The number of carbonyl (C=O) groups is 2. The summed E-state index contributed by atoms with van der Waals surface area (Å²) in [6.45, 7) is 0.237. The fourth-order valence-electron chi connectivity index (χ4n) is 3.95. The summed E-state index contributed by atoms with van der Waals surface area (Å²) in [7, 11) is 0. The number of amides is 2. The molecule has 3 aromatic rings. The topological polar surface area (TPSA) is 80.3 Å². The van der Waals surface area contributed by atoms with Crippen molar-refractivity contribution in [1.29, 1.82) is 0 Å². The number of nitrogens with zero attached hydrogens (tertiary/aromatic N) is 1. The molecule has 0 unspecified atom stereocenters. The molecule has 6 nitrogen and oxygen atoms in total. The summed E-state index contributed by atoms with van der Waals surface area (Å²) in [6.07, 6.45) is -1.56. The Morgan fingerprint density at radius 1 is 0.971 bits per heavy atom. The Bertz CT molecular complexity index is 1170. The normalized spacial score (nSPS) is 18.0. The average molecular weight is 504 g/mol. The zero-order valence-electron chi connectivity index (χ0n) is 18.7. The minimum Gasteiger partial charge on any atom is -0.486 e. The highest BCUT2D eigenvalue weighted by Crippen LogP contribution is 2.29. The van der Waals surface area contributed by atoms with E-state index in [0.717, 1.165) is 25.0 Å². The Morgan fingerprint density at radius 3 is 2.34 bits per heavy atom. The van der Waals surface area contributed by atoms with E-state index < -0.39 is 23.7 Å². The zero-order chi connectivity index (χ0) is 24.8.